The van der Waals surface area contributed by atoms with Crippen LogP contribution in [0.4, 0.5) is 4.79 Å². The molecule has 1 unspecified atom stereocenters. The summed E-state index contributed by atoms with van der Waals surface area (Å²) in [5.41, 5.74) is 2.08. The van der Waals surface area contributed by atoms with Gasteiger partial charge in [0.1, 0.15) is 6.61 Å². The third-order valence-corrected chi connectivity index (χ3v) is 3.01. The second kappa shape index (κ2) is 7.33. The van der Waals surface area contributed by atoms with E-state index in [4.69, 9.17) is 4.74 Å². The molecule has 1 aromatic heterocycles. The van der Waals surface area contributed by atoms with Crippen molar-refractivity contribution < 1.29 is 9.53 Å². The average molecular weight is 273 g/mol. The maximum atomic E-state index is 11.5. The van der Waals surface area contributed by atoms with Gasteiger partial charge < -0.3 is 15.0 Å². The molecule has 0 saturated heterocycles. The Kier molecular flexibility index (Phi) is 5.17. The van der Waals surface area contributed by atoms with Crippen molar-refractivity contribution in [1.29, 1.82) is 0 Å². The summed E-state index contributed by atoms with van der Waals surface area (Å²) < 4.78 is 5.16. The van der Waals surface area contributed by atoms with Gasteiger partial charge in [0.15, 0.2) is 0 Å². The Morgan fingerprint density at radius 1 is 1.40 bits per heavy atom. The first-order chi connectivity index (χ1) is 9.75. The topological polar surface area (TPSA) is 67.0 Å². The highest BCUT2D eigenvalue weighted by Gasteiger charge is 2.10. The molecule has 1 amide bonds. The predicted octanol–water partition coefficient (Wildman–Crippen LogP) is 2.48. The van der Waals surface area contributed by atoms with Crippen LogP contribution in [-0.2, 0) is 11.2 Å². The number of benzene rings is 1. The molecule has 0 spiro atoms. The van der Waals surface area contributed by atoms with Crippen LogP contribution >= 0.6 is 0 Å². The van der Waals surface area contributed by atoms with Gasteiger partial charge in [-0.15, -0.1) is 0 Å². The quantitative estimate of drug-likeness (QED) is 0.849. The van der Waals surface area contributed by atoms with Crippen molar-refractivity contribution in [3.8, 4) is 0 Å². The number of rotatable bonds is 6. The number of carbonyl (C=O) groups is 1. The SMILES string of the molecule is CC(COC(=O)NCCc1ccccc1)c1c[nH]cn1. The van der Waals surface area contributed by atoms with Crippen LogP contribution in [0.15, 0.2) is 42.9 Å². The second-order valence-electron chi connectivity index (χ2n) is 4.66. The van der Waals surface area contributed by atoms with E-state index in [9.17, 15) is 4.79 Å². The van der Waals surface area contributed by atoms with Crippen LogP contribution < -0.4 is 5.32 Å². The number of alkyl carbamates (subject to hydrolysis) is 1. The molecule has 0 aliphatic carbocycles. The van der Waals surface area contributed by atoms with Gasteiger partial charge in [-0.25, -0.2) is 9.78 Å². The van der Waals surface area contributed by atoms with Gasteiger partial charge in [-0.05, 0) is 12.0 Å². The van der Waals surface area contributed by atoms with Crippen LogP contribution in [0.1, 0.15) is 24.1 Å². The standard InChI is InChI=1S/C15H19N3O2/c1-12(14-9-16-11-18-14)10-20-15(19)17-8-7-13-5-3-2-4-6-13/h2-6,9,11-12H,7-8,10H2,1H3,(H,16,18)(H,17,19). The highest BCUT2D eigenvalue weighted by Crippen LogP contribution is 2.11. The first kappa shape index (κ1) is 14.1. The molecule has 2 rings (SSSR count). The van der Waals surface area contributed by atoms with Crippen LogP contribution in [-0.4, -0.2) is 29.2 Å². The number of nitrogens with zero attached hydrogens (tertiary/aromatic N) is 1. The van der Waals surface area contributed by atoms with Gasteiger partial charge in [0, 0.05) is 18.7 Å². The van der Waals surface area contributed by atoms with Gasteiger partial charge in [-0.2, -0.15) is 0 Å². The lowest BCUT2D eigenvalue weighted by atomic mass is 10.1. The summed E-state index contributed by atoms with van der Waals surface area (Å²) in [6.07, 6.45) is 3.83. The van der Waals surface area contributed by atoms with E-state index < -0.39 is 0 Å². The van der Waals surface area contributed by atoms with Crippen molar-refractivity contribution in [2.75, 3.05) is 13.2 Å². The summed E-state index contributed by atoms with van der Waals surface area (Å²) in [5.74, 6) is 0.0844. The highest BCUT2D eigenvalue weighted by atomic mass is 16.5. The second-order valence-corrected chi connectivity index (χ2v) is 4.66. The summed E-state index contributed by atoms with van der Waals surface area (Å²) in [5, 5.41) is 2.74. The third kappa shape index (κ3) is 4.42. The van der Waals surface area contributed by atoms with Crippen molar-refractivity contribution in [2.45, 2.75) is 19.3 Å². The van der Waals surface area contributed by atoms with Crippen molar-refractivity contribution >= 4 is 6.09 Å². The fraction of sp³-hybridized carbons (Fsp3) is 0.333. The molecule has 0 aliphatic rings. The molecular formula is C15H19N3O2. The zero-order valence-electron chi connectivity index (χ0n) is 11.5. The summed E-state index contributed by atoms with van der Waals surface area (Å²) >= 11 is 0. The number of H-pyrrole nitrogens is 1. The number of aromatic amines is 1. The van der Waals surface area contributed by atoms with Crippen LogP contribution in [0, 0.1) is 0 Å². The van der Waals surface area contributed by atoms with E-state index >= 15 is 0 Å². The zero-order valence-corrected chi connectivity index (χ0v) is 11.5. The summed E-state index contributed by atoms with van der Waals surface area (Å²) in [6.45, 7) is 2.86. The van der Waals surface area contributed by atoms with E-state index in [1.54, 1.807) is 12.5 Å². The summed E-state index contributed by atoms with van der Waals surface area (Å²) in [6, 6.07) is 10.0. The molecule has 5 nitrogen and oxygen atoms in total. The van der Waals surface area contributed by atoms with Gasteiger partial charge >= 0.3 is 6.09 Å². The van der Waals surface area contributed by atoms with E-state index in [0.29, 0.717) is 13.2 Å². The Labute approximate surface area is 118 Å². The van der Waals surface area contributed by atoms with E-state index in [1.165, 1.54) is 5.56 Å². The molecule has 1 aromatic carbocycles. The first-order valence-corrected chi connectivity index (χ1v) is 6.69. The number of imidazole rings is 1. The van der Waals surface area contributed by atoms with Gasteiger partial charge in [0.05, 0.1) is 12.0 Å². The van der Waals surface area contributed by atoms with Crippen molar-refractivity contribution in [3.05, 3.63) is 54.1 Å². The smallest absolute Gasteiger partial charge is 0.407 e. The number of carbonyl (C=O) groups excluding carboxylic acids is 1. The third-order valence-electron chi connectivity index (χ3n) is 3.01. The minimum Gasteiger partial charge on any atom is -0.449 e. The minimum absolute atomic E-state index is 0.0844. The predicted molar refractivity (Wildman–Crippen MR) is 76.5 cm³/mol. The summed E-state index contributed by atoms with van der Waals surface area (Å²) in [4.78, 5) is 18.6. The molecule has 20 heavy (non-hydrogen) atoms. The van der Waals surface area contributed by atoms with Crippen molar-refractivity contribution in [1.82, 2.24) is 15.3 Å². The minimum atomic E-state index is -0.386. The molecule has 1 atom stereocenters. The molecule has 106 valence electrons. The lowest BCUT2D eigenvalue weighted by Gasteiger charge is -2.10. The molecule has 2 aromatic rings. The van der Waals surface area contributed by atoms with Gasteiger partial charge in [0.2, 0.25) is 0 Å². The van der Waals surface area contributed by atoms with E-state index in [2.05, 4.69) is 15.3 Å². The molecule has 5 heteroatoms. The number of ether oxygens (including phenoxy) is 1. The molecule has 0 bridgehead atoms. The Balaban J connectivity index is 1.63. The van der Waals surface area contributed by atoms with Crippen molar-refractivity contribution in [3.63, 3.8) is 0 Å². The highest BCUT2D eigenvalue weighted by molar-refractivity contribution is 5.67. The number of hydrogen-bond acceptors (Lipinski definition) is 3. The Morgan fingerprint density at radius 2 is 2.20 bits per heavy atom. The summed E-state index contributed by atoms with van der Waals surface area (Å²) in [7, 11) is 0. The lowest BCUT2D eigenvalue weighted by molar-refractivity contribution is 0.140. The fourth-order valence-corrected chi connectivity index (χ4v) is 1.83. The van der Waals surface area contributed by atoms with Gasteiger partial charge in [0.25, 0.3) is 0 Å². The Hall–Kier alpha value is -2.30. The molecular weight excluding hydrogens is 254 g/mol. The largest absolute Gasteiger partial charge is 0.449 e. The number of amides is 1. The van der Waals surface area contributed by atoms with Crippen LogP contribution in [0.25, 0.3) is 0 Å². The lowest BCUT2D eigenvalue weighted by Crippen LogP contribution is -2.27. The van der Waals surface area contributed by atoms with Gasteiger partial charge in [-0.3, -0.25) is 0 Å². The average Bonchev–Trinajstić information content (AvgIpc) is 3.00. The number of hydrogen-bond donors (Lipinski definition) is 2. The molecule has 0 radical (unpaired) electrons. The van der Waals surface area contributed by atoms with Gasteiger partial charge in [-0.1, -0.05) is 37.3 Å². The van der Waals surface area contributed by atoms with Crippen molar-refractivity contribution in [2.24, 2.45) is 0 Å². The maximum absolute atomic E-state index is 11.5. The van der Waals surface area contributed by atoms with E-state index in [-0.39, 0.29) is 12.0 Å². The molecule has 1 heterocycles. The molecule has 0 fully saturated rings. The maximum Gasteiger partial charge on any atom is 0.407 e. The number of aromatic nitrogens is 2. The van der Waals surface area contributed by atoms with Crippen LogP contribution in [0.3, 0.4) is 0 Å². The van der Waals surface area contributed by atoms with E-state index in [1.807, 2.05) is 37.3 Å². The van der Waals surface area contributed by atoms with Crippen LogP contribution in [0.5, 0.6) is 0 Å². The molecule has 0 saturated carbocycles. The number of nitrogens with one attached hydrogen (secondary N) is 2. The molecule has 2 N–H and O–H groups in total. The fourth-order valence-electron chi connectivity index (χ4n) is 1.83. The zero-order chi connectivity index (χ0) is 14.2. The van der Waals surface area contributed by atoms with E-state index in [0.717, 1.165) is 12.1 Å². The first-order valence-electron chi connectivity index (χ1n) is 6.69. The molecule has 0 aliphatic heterocycles. The monoisotopic (exact) mass is 273 g/mol. The van der Waals surface area contributed by atoms with Crippen LogP contribution in [0.2, 0.25) is 0 Å². The Morgan fingerprint density at radius 3 is 2.90 bits per heavy atom. The Bertz CT molecular complexity index is 511. The normalized spacial score (nSPS) is 11.8.